The zero-order chi connectivity index (χ0) is 18.5. The molecule has 0 aliphatic heterocycles. The van der Waals surface area contributed by atoms with Gasteiger partial charge >= 0.3 is 0 Å². The van der Waals surface area contributed by atoms with Crippen molar-refractivity contribution in [2.24, 2.45) is 0 Å². The van der Waals surface area contributed by atoms with Crippen molar-refractivity contribution in [3.05, 3.63) is 72.3 Å². The lowest BCUT2D eigenvalue weighted by molar-refractivity contribution is -0.116. The highest BCUT2D eigenvalue weighted by Gasteiger charge is 2.16. The lowest BCUT2D eigenvalue weighted by atomic mass is 10.1. The molecule has 0 aliphatic rings. The average molecular weight is 349 g/mol. The molecule has 3 rings (SSSR count). The zero-order valence-electron chi connectivity index (χ0n) is 14.6. The molecule has 0 unspecified atom stereocenters. The predicted octanol–water partition coefficient (Wildman–Crippen LogP) is 3.36. The van der Waals surface area contributed by atoms with Crippen molar-refractivity contribution in [3.63, 3.8) is 0 Å². The number of amides is 2. The summed E-state index contributed by atoms with van der Waals surface area (Å²) in [5.41, 5.74) is 3.28. The largest absolute Gasteiger partial charge is 0.472 e. The number of likely N-dealkylation sites (N-methyl/N-ethyl adjacent to an activating group) is 1. The van der Waals surface area contributed by atoms with Crippen LogP contribution in [0.1, 0.15) is 15.9 Å². The van der Waals surface area contributed by atoms with Gasteiger partial charge in [0.15, 0.2) is 0 Å². The third-order valence-corrected chi connectivity index (χ3v) is 3.87. The molecule has 26 heavy (non-hydrogen) atoms. The van der Waals surface area contributed by atoms with Gasteiger partial charge in [-0.3, -0.25) is 9.59 Å². The van der Waals surface area contributed by atoms with Crippen LogP contribution in [-0.4, -0.2) is 35.3 Å². The summed E-state index contributed by atoms with van der Waals surface area (Å²) >= 11 is 0. The van der Waals surface area contributed by atoms with Gasteiger partial charge in [-0.25, -0.2) is 4.98 Å². The summed E-state index contributed by atoms with van der Waals surface area (Å²) in [5, 5.41) is 2.70. The normalized spacial score (nSPS) is 10.4. The Morgan fingerprint density at radius 2 is 2.00 bits per heavy atom. The molecular formula is C20H19N3O3. The van der Waals surface area contributed by atoms with Crippen LogP contribution in [0.4, 0.5) is 5.82 Å². The number of hydrogen-bond donors (Lipinski definition) is 1. The first kappa shape index (κ1) is 17.4. The standard InChI is InChI=1S/C20H19N3O3/c1-14-6-8-21-18(10-14)22-19(24)12-23(2)20(25)16-5-3-4-15(11-16)17-7-9-26-13-17/h3-11,13H,12H2,1-2H3,(H,21,22,24). The number of aryl methyl sites for hydroxylation is 1. The smallest absolute Gasteiger partial charge is 0.254 e. The Balaban J connectivity index is 1.66. The summed E-state index contributed by atoms with van der Waals surface area (Å²) in [4.78, 5) is 30.2. The van der Waals surface area contributed by atoms with Gasteiger partial charge in [0, 0.05) is 24.4 Å². The van der Waals surface area contributed by atoms with Gasteiger partial charge in [0.25, 0.3) is 5.91 Å². The maximum Gasteiger partial charge on any atom is 0.254 e. The fourth-order valence-electron chi connectivity index (χ4n) is 2.56. The van der Waals surface area contributed by atoms with Gasteiger partial charge in [-0.15, -0.1) is 0 Å². The van der Waals surface area contributed by atoms with E-state index < -0.39 is 0 Å². The van der Waals surface area contributed by atoms with Crippen molar-refractivity contribution in [1.82, 2.24) is 9.88 Å². The Kier molecular flexibility index (Phi) is 5.12. The van der Waals surface area contributed by atoms with E-state index in [1.807, 2.05) is 25.1 Å². The molecule has 0 radical (unpaired) electrons. The number of furan rings is 1. The van der Waals surface area contributed by atoms with Crippen LogP contribution in [0, 0.1) is 6.92 Å². The molecule has 6 nitrogen and oxygen atoms in total. The molecule has 0 atom stereocenters. The minimum absolute atomic E-state index is 0.0651. The molecule has 0 saturated heterocycles. The fourth-order valence-corrected chi connectivity index (χ4v) is 2.56. The highest BCUT2D eigenvalue weighted by atomic mass is 16.3. The van der Waals surface area contributed by atoms with Crippen LogP contribution in [-0.2, 0) is 4.79 Å². The summed E-state index contributed by atoms with van der Waals surface area (Å²) in [6.45, 7) is 1.85. The highest BCUT2D eigenvalue weighted by molar-refractivity contribution is 5.99. The number of carbonyl (C=O) groups excluding carboxylic acids is 2. The number of aromatic nitrogens is 1. The Hall–Kier alpha value is -3.41. The number of hydrogen-bond acceptors (Lipinski definition) is 4. The van der Waals surface area contributed by atoms with E-state index in [9.17, 15) is 9.59 Å². The third-order valence-electron chi connectivity index (χ3n) is 3.87. The number of anilines is 1. The van der Waals surface area contributed by atoms with Gasteiger partial charge in [-0.2, -0.15) is 0 Å². The summed E-state index contributed by atoms with van der Waals surface area (Å²) in [5.74, 6) is -0.0644. The molecule has 3 aromatic rings. The Morgan fingerprint density at radius 3 is 2.73 bits per heavy atom. The van der Waals surface area contributed by atoms with Crippen molar-refractivity contribution in [2.45, 2.75) is 6.92 Å². The average Bonchev–Trinajstić information content (AvgIpc) is 3.15. The van der Waals surface area contributed by atoms with E-state index in [0.717, 1.165) is 16.7 Å². The molecule has 0 aliphatic carbocycles. The molecule has 2 heterocycles. The second kappa shape index (κ2) is 7.65. The van der Waals surface area contributed by atoms with Crippen molar-refractivity contribution in [3.8, 4) is 11.1 Å². The van der Waals surface area contributed by atoms with Gasteiger partial charge in [-0.1, -0.05) is 12.1 Å². The molecule has 132 valence electrons. The Labute approximate surface area is 151 Å². The second-order valence-electron chi connectivity index (χ2n) is 6.02. The molecule has 0 spiro atoms. The molecule has 1 N–H and O–H groups in total. The first-order valence-electron chi connectivity index (χ1n) is 8.13. The molecule has 2 amide bonds. The number of pyridine rings is 1. The van der Waals surface area contributed by atoms with Gasteiger partial charge in [0.05, 0.1) is 19.1 Å². The minimum Gasteiger partial charge on any atom is -0.472 e. The zero-order valence-corrected chi connectivity index (χ0v) is 14.6. The van der Waals surface area contributed by atoms with Crippen molar-refractivity contribution >= 4 is 17.6 Å². The fraction of sp³-hybridized carbons (Fsp3) is 0.150. The number of nitrogens with one attached hydrogen (secondary N) is 1. The van der Waals surface area contributed by atoms with Gasteiger partial charge in [0.1, 0.15) is 5.82 Å². The van der Waals surface area contributed by atoms with Crippen molar-refractivity contribution in [1.29, 1.82) is 0 Å². The van der Waals surface area contributed by atoms with E-state index in [1.54, 1.807) is 50.0 Å². The quantitative estimate of drug-likeness (QED) is 0.766. The van der Waals surface area contributed by atoms with Crippen LogP contribution in [0.2, 0.25) is 0 Å². The predicted molar refractivity (Wildman–Crippen MR) is 98.7 cm³/mol. The minimum atomic E-state index is -0.301. The lowest BCUT2D eigenvalue weighted by Crippen LogP contribution is -2.35. The van der Waals surface area contributed by atoms with Gasteiger partial charge < -0.3 is 14.6 Å². The van der Waals surface area contributed by atoms with E-state index in [0.29, 0.717) is 11.4 Å². The van der Waals surface area contributed by atoms with Crippen molar-refractivity contribution in [2.75, 3.05) is 18.9 Å². The van der Waals surface area contributed by atoms with Crippen LogP contribution >= 0.6 is 0 Å². The third kappa shape index (κ3) is 4.16. The molecule has 0 saturated carbocycles. The van der Waals surface area contributed by atoms with Crippen LogP contribution in [0.3, 0.4) is 0 Å². The van der Waals surface area contributed by atoms with Crippen LogP contribution in [0.5, 0.6) is 0 Å². The summed E-state index contributed by atoms with van der Waals surface area (Å²) in [7, 11) is 1.59. The Bertz CT molecular complexity index is 920. The first-order valence-corrected chi connectivity index (χ1v) is 8.13. The monoisotopic (exact) mass is 349 g/mol. The van der Waals surface area contributed by atoms with Crippen LogP contribution in [0.25, 0.3) is 11.1 Å². The first-order chi connectivity index (χ1) is 12.5. The highest BCUT2D eigenvalue weighted by Crippen LogP contribution is 2.21. The molecule has 0 fully saturated rings. The lowest BCUT2D eigenvalue weighted by Gasteiger charge is -2.17. The van der Waals surface area contributed by atoms with E-state index in [4.69, 9.17) is 4.42 Å². The van der Waals surface area contributed by atoms with E-state index in [2.05, 4.69) is 10.3 Å². The van der Waals surface area contributed by atoms with E-state index in [-0.39, 0.29) is 18.4 Å². The number of rotatable bonds is 5. The van der Waals surface area contributed by atoms with Crippen LogP contribution < -0.4 is 5.32 Å². The molecule has 6 heteroatoms. The summed E-state index contributed by atoms with van der Waals surface area (Å²) in [6, 6.07) is 12.7. The van der Waals surface area contributed by atoms with E-state index in [1.165, 1.54) is 4.90 Å². The summed E-state index contributed by atoms with van der Waals surface area (Å²) in [6.07, 6.45) is 4.83. The Morgan fingerprint density at radius 1 is 1.15 bits per heavy atom. The number of carbonyl (C=O) groups is 2. The maximum absolute atomic E-state index is 12.6. The van der Waals surface area contributed by atoms with E-state index >= 15 is 0 Å². The van der Waals surface area contributed by atoms with Gasteiger partial charge in [-0.05, 0) is 48.4 Å². The number of nitrogens with zero attached hydrogens (tertiary/aromatic N) is 2. The topological polar surface area (TPSA) is 75.4 Å². The molecule has 2 aromatic heterocycles. The molecular weight excluding hydrogens is 330 g/mol. The SMILES string of the molecule is Cc1ccnc(NC(=O)CN(C)C(=O)c2cccc(-c3ccoc3)c2)c1. The van der Waals surface area contributed by atoms with Gasteiger partial charge in [0.2, 0.25) is 5.91 Å². The van der Waals surface area contributed by atoms with Crippen LogP contribution in [0.15, 0.2) is 65.6 Å². The van der Waals surface area contributed by atoms with Crippen molar-refractivity contribution < 1.29 is 14.0 Å². The maximum atomic E-state index is 12.6. The second-order valence-corrected chi connectivity index (χ2v) is 6.02. The molecule has 0 bridgehead atoms. The summed E-state index contributed by atoms with van der Waals surface area (Å²) < 4.78 is 5.08. The molecule has 1 aromatic carbocycles. The number of benzene rings is 1.